The van der Waals surface area contributed by atoms with E-state index in [4.69, 9.17) is 21.7 Å². The number of aliphatic carboxylic acids is 1. The second-order valence-corrected chi connectivity index (χ2v) is 17.3. The molecule has 0 spiro atoms. The molecule has 0 saturated carbocycles. The minimum Gasteiger partial charge on any atom is -0.481 e. The summed E-state index contributed by atoms with van der Waals surface area (Å²) in [6, 6.07) is 6.39. The zero-order valence-electron chi connectivity index (χ0n) is 35.4. The number of nitrogens with one attached hydrogen (secondary N) is 2. The number of piperidine rings is 1. The molecule has 1 aromatic heterocycles. The van der Waals surface area contributed by atoms with Gasteiger partial charge in [-0.2, -0.15) is 0 Å². The monoisotopic (exact) mass is 824 g/mol. The number of carbonyl (C=O) groups excluding carboxylic acids is 4. The van der Waals surface area contributed by atoms with Crippen LogP contribution in [-0.2, 0) is 40.0 Å². The van der Waals surface area contributed by atoms with Crippen molar-refractivity contribution in [2.24, 2.45) is 29.1 Å². The first-order valence-electron chi connectivity index (χ1n) is 20.3. The molecule has 1 aliphatic rings. The number of ether oxygens (including phenoxy) is 1. The van der Waals surface area contributed by atoms with Gasteiger partial charge in [0.05, 0.1) is 24.2 Å². The minimum absolute atomic E-state index is 0.0555. The Morgan fingerprint density at radius 2 is 1.83 bits per heavy atom. The maximum atomic E-state index is 14.7. The van der Waals surface area contributed by atoms with E-state index in [0.717, 1.165) is 31.4 Å². The molecule has 14 nitrogen and oxygen atoms in total. The van der Waals surface area contributed by atoms with Gasteiger partial charge in [-0.15, -0.1) is 23.7 Å². The summed E-state index contributed by atoms with van der Waals surface area (Å²) >= 11 is 1.17. The number of unbranched alkanes of at least 4 members (excludes halogenated alkanes) is 1. The van der Waals surface area contributed by atoms with Crippen molar-refractivity contribution in [1.29, 1.82) is 0 Å². The highest BCUT2D eigenvalue weighted by atomic mass is 32.1. The highest BCUT2D eigenvalue weighted by Crippen LogP contribution is 2.35. The molecule has 2 heterocycles. The normalized spacial score (nSPS) is 17.3. The van der Waals surface area contributed by atoms with Crippen LogP contribution in [0.4, 0.5) is 11.5 Å². The average molecular weight is 825 g/mol. The molecule has 3 amide bonds. The van der Waals surface area contributed by atoms with Crippen LogP contribution in [0.1, 0.15) is 117 Å². The van der Waals surface area contributed by atoms with E-state index in [0.29, 0.717) is 30.0 Å². The third kappa shape index (κ3) is 14.1. The fraction of sp³-hybridized carbons (Fsp3) is 0.628. The number of nitrogen functional groups attached to an aromatic ring is 1. The number of carboxylic acids is 1. The predicted molar refractivity (Wildman–Crippen MR) is 225 cm³/mol. The number of aromatic nitrogens is 1. The zero-order chi connectivity index (χ0) is 43.2. The second-order valence-electron chi connectivity index (χ2n) is 16.4. The number of terminal acetylenes is 1. The number of likely N-dealkylation sites (tertiary alicyclic amines) is 1. The van der Waals surface area contributed by atoms with E-state index in [9.17, 15) is 29.1 Å². The smallest absolute Gasteiger partial charge is 0.309 e. The number of hydrogen-bond donors (Lipinski definition) is 4. The van der Waals surface area contributed by atoms with E-state index >= 15 is 0 Å². The van der Waals surface area contributed by atoms with Gasteiger partial charge in [0.15, 0.2) is 6.10 Å². The van der Waals surface area contributed by atoms with Gasteiger partial charge in [-0.25, -0.2) is 10.0 Å². The number of nitrogens with two attached hydrogens (primary N) is 1. The fourth-order valence-corrected chi connectivity index (χ4v) is 7.83. The van der Waals surface area contributed by atoms with Crippen molar-refractivity contribution in [3.05, 3.63) is 40.2 Å². The Kier molecular flexibility index (Phi) is 18.6. The number of esters is 1. The Hall–Kier alpha value is -4.52. The molecule has 1 saturated heterocycles. The maximum Gasteiger partial charge on any atom is 0.309 e. The second kappa shape index (κ2) is 22.6. The van der Waals surface area contributed by atoms with E-state index in [2.05, 4.69) is 26.4 Å². The van der Waals surface area contributed by atoms with Gasteiger partial charge in [0.1, 0.15) is 16.7 Å². The van der Waals surface area contributed by atoms with Gasteiger partial charge in [-0.1, -0.05) is 46.2 Å². The van der Waals surface area contributed by atoms with E-state index in [1.165, 1.54) is 23.3 Å². The molecule has 1 fully saturated rings. The van der Waals surface area contributed by atoms with Gasteiger partial charge in [0, 0.05) is 36.8 Å². The SMILES string of the molecule is C#CCCCON(C(=O)[C@H](C(=O)N[C@H]1CCCCN1C)[C@@H](C)CC)[C@H](C[C@@H](OC(C)=O)c1nc(NC(=O)[C@@H](Cc2ccc(N)cc2)CC(C)(C)C(=O)O)cs1)C(C)C. The van der Waals surface area contributed by atoms with E-state index in [-0.39, 0.29) is 55.6 Å². The molecule has 5 N–H and O–H groups in total. The maximum absolute atomic E-state index is 14.7. The number of thiazole rings is 1. The molecule has 6 atom stereocenters. The summed E-state index contributed by atoms with van der Waals surface area (Å²) in [5.41, 5.74) is 6.06. The van der Waals surface area contributed by atoms with Crippen LogP contribution >= 0.6 is 11.3 Å². The topological polar surface area (TPSA) is 193 Å². The highest BCUT2D eigenvalue weighted by Gasteiger charge is 2.42. The molecule has 58 heavy (non-hydrogen) atoms. The molecule has 1 aliphatic heterocycles. The van der Waals surface area contributed by atoms with Gasteiger partial charge in [0.25, 0.3) is 5.91 Å². The Balaban J connectivity index is 1.94. The highest BCUT2D eigenvalue weighted by molar-refractivity contribution is 7.10. The lowest BCUT2D eigenvalue weighted by molar-refractivity contribution is -0.215. The van der Waals surface area contributed by atoms with Crippen molar-refractivity contribution in [1.82, 2.24) is 20.3 Å². The molecule has 0 aliphatic carbocycles. The van der Waals surface area contributed by atoms with Gasteiger partial charge < -0.3 is 26.2 Å². The van der Waals surface area contributed by atoms with Crippen LogP contribution in [-0.4, -0.2) is 82.1 Å². The zero-order valence-corrected chi connectivity index (χ0v) is 36.2. The molecule has 0 unspecified atom stereocenters. The Bertz CT molecular complexity index is 1720. The van der Waals surface area contributed by atoms with Crippen molar-refractivity contribution in [3.63, 3.8) is 0 Å². The first-order chi connectivity index (χ1) is 27.4. The summed E-state index contributed by atoms with van der Waals surface area (Å²) in [6.45, 7) is 13.1. The first-order valence-corrected chi connectivity index (χ1v) is 21.2. The van der Waals surface area contributed by atoms with Crippen LogP contribution in [0.2, 0.25) is 0 Å². The lowest BCUT2D eigenvalue weighted by atomic mass is 9.80. The van der Waals surface area contributed by atoms with Gasteiger partial charge in [0.2, 0.25) is 11.8 Å². The van der Waals surface area contributed by atoms with E-state index in [1.807, 2.05) is 34.7 Å². The van der Waals surface area contributed by atoms with Gasteiger partial charge in [-0.05, 0) is 95.5 Å². The molecule has 320 valence electrons. The number of carboxylic acid groups (broad SMARTS) is 1. The number of rotatable bonds is 22. The van der Waals surface area contributed by atoms with Crippen LogP contribution in [0.5, 0.6) is 0 Å². The van der Waals surface area contributed by atoms with Crippen LogP contribution in [0.3, 0.4) is 0 Å². The molecule has 2 aromatic rings. The van der Waals surface area contributed by atoms with Crippen molar-refractivity contribution in [3.8, 4) is 12.3 Å². The fourth-order valence-electron chi connectivity index (χ4n) is 7.04. The number of carbonyl (C=O) groups is 5. The average Bonchev–Trinajstić information content (AvgIpc) is 3.63. The standard InChI is InChI=1S/C43H64N6O8S/c1-10-12-15-22-56-49(41(53)37(28(5)11-2)39(52)47-36-16-13-14-21-48(36)9)33(27(3)4)24-34(57-29(6)50)40-46-35(26-58-40)45-38(51)31(25-43(7,8)42(54)55)23-30-17-19-32(44)20-18-30/h1,17-20,26-28,31,33-34,36-37H,11-16,21-25,44H2,2-9H3,(H,45,51)(H,47,52)(H,54,55)/t28-,31-,33+,34+,36+,37-/m0/s1. The summed E-state index contributed by atoms with van der Waals surface area (Å²) in [6.07, 6.45) is 9.05. The number of benzene rings is 1. The number of hydrogen-bond acceptors (Lipinski definition) is 11. The van der Waals surface area contributed by atoms with Crippen LogP contribution in [0, 0.1) is 41.4 Å². The summed E-state index contributed by atoms with van der Waals surface area (Å²) < 4.78 is 5.84. The molecule has 1 aromatic carbocycles. The number of hydroxylamine groups is 2. The van der Waals surface area contributed by atoms with Crippen molar-refractivity contribution < 1.29 is 38.7 Å². The lowest BCUT2D eigenvalue weighted by Crippen LogP contribution is -2.55. The number of anilines is 2. The molecular formula is C43H64N6O8S. The Morgan fingerprint density at radius 3 is 2.41 bits per heavy atom. The quantitative estimate of drug-likeness (QED) is 0.0255. The van der Waals surface area contributed by atoms with Crippen molar-refractivity contribution in [2.75, 3.05) is 31.2 Å². The molecule has 0 bridgehead atoms. The third-order valence-electron chi connectivity index (χ3n) is 10.8. The Morgan fingerprint density at radius 1 is 1.14 bits per heavy atom. The predicted octanol–water partition coefficient (Wildman–Crippen LogP) is 6.44. The minimum atomic E-state index is -1.19. The largest absolute Gasteiger partial charge is 0.481 e. The van der Waals surface area contributed by atoms with Gasteiger partial charge in [-0.3, -0.25) is 33.7 Å². The molecule has 3 rings (SSSR count). The number of amides is 3. The molecular weight excluding hydrogens is 761 g/mol. The van der Waals surface area contributed by atoms with Crippen molar-refractivity contribution in [2.45, 2.75) is 125 Å². The lowest BCUT2D eigenvalue weighted by Gasteiger charge is -2.38. The summed E-state index contributed by atoms with van der Waals surface area (Å²) in [5, 5.41) is 19.1. The van der Waals surface area contributed by atoms with E-state index in [1.54, 1.807) is 43.5 Å². The van der Waals surface area contributed by atoms with Crippen LogP contribution < -0.4 is 16.4 Å². The summed E-state index contributed by atoms with van der Waals surface area (Å²) in [4.78, 5) is 80.1. The van der Waals surface area contributed by atoms with E-state index < -0.39 is 53.1 Å². The number of nitrogens with zero attached hydrogens (tertiary/aromatic N) is 3. The molecule has 0 radical (unpaired) electrons. The van der Waals surface area contributed by atoms with Crippen LogP contribution in [0.25, 0.3) is 0 Å². The third-order valence-corrected chi connectivity index (χ3v) is 11.7. The summed E-state index contributed by atoms with van der Waals surface area (Å²) in [7, 11) is 1.96. The van der Waals surface area contributed by atoms with Crippen LogP contribution in [0.15, 0.2) is 29.6 Å². The van der Waals surface area contributed by atoms with Gasteiger partial charge >= 0.3 is 11.9 Å². The molecule has 15 heteroatoms. The Labute approximate surface area is 347 Å². The van der Waals surface area contributed by atoms with Crippen molar-refractivity contribution >= 4 is 52.5 Å². The summed E-state index contributed by atoms with van der Waals surface area (Å²) in [5.74, 6) is -2.39. The first kappa shape index (κ1) is 47.9.